The van der Waals surface area contributed by atoms with Gasteiger partial charge >= 0.3 is 0 Å². The third-order valence-corrected chi connectivity index (χ3v) is 8.89. The van der Waals surface area contributed by atoms with Crippen molar-refractivity contribution in [1.29, 1.82) is 5.26 Å². The van der Waals surface area contributed by atoms with E-state index in [2.05, 4.69) is 11.1 Å². The Bertz CT molecular complexity index is 1300. The summed E-state index contributed by atoms with van der Waals surface area (Å²) >= 11 is -0.758. The largest absolute Gasteiger partial charge is 0.616 e. The summed E-state index contributed by atoms with van der Waals surface area (Å²) in [5, 5.41) is 10.1. The van der Waals surface area contributed by atoms with Crippen LogP contribution in [0.3, 0.4) is 0 Å². The van der Waals surface area contributed by atoms with Crippen LogP contribution in [0.15, 0.2) is 48.7 Å². The molecule has 160 valence electrons. The Hall–Kier alpha value is -2.95. The molecule has 3 fully saturated rings. The zero-order chi connectivity index (χ0) is 22.1. The number of hydrogen-bond donors (Lipinski definition) is 0. The second-order valence-electron chi connectivity index (χ2n) is 9.37. The van der Waals surface area contributed by atoms with Crippen molar-refractivity contribution in [3.63, 3.8) is 0 Å². The summed E-state index contributed by atoms with van der Waals surface area (Å²) in [6, 6.07) is 14.5. The number of aromatic nitrogens is 1. The van der Waals surface area contributed by atoms with Gasteiger partial charge in [0.15, 0.2) is 0 Å². The molecule has 1 amide bonds. The Balaban J connectivity index is 1.42. The van der Waals surface area contributed by atoms with Gasteiger partial charge in [-0.25, -0.2) is 4.39 Å². The van der Waals surface area contributed by atoms with E-state index in [0.717, 1.165) is 24.0 Å². The predicted molar refractivity (Wildman–Crippen MR) is 120 cm³/mol. The van der Waals surface area contributed by atoms with Crippen LogP contribution in [0.25, 0.3) is 22.0 Å². The Labute approximate surface area is 188 Å². The fourth-order valence-corrected chi connectivity index (χ4v) is 6.73. The number of fused-ring (bicyclic) bond motifs is 1. The van der Waals surface area contributed by atoms with Gasteiger partial charge in [0.2, 0.25) is 0 Å². The zero-order valence-corrected chi connectivity index (χ0v) is 18.1. The molecule has 7 heteroatoms. The van der Waals surface area contributed by atoms with E-state index in [4.69, 9.17) is 0 Å². The van der Waals surface area contributed by atoms with Gasteiger partial charge in [-0.3, -0.25) is 9.78 Å². The molecule has 1 spiro atoms. The highest BCUT2D eigenvalue weighted by Gasteiger charge is 2.58. The van der Waals surface area contributed by atoms with Gasteiger partial charge in [-0.1, -0.05) is 35.4 Å². The lowest BCUT2D eigenvalue weighted by Crippen LogP contribution is -2.69. The number of carbonyl (C=O) groups excluding carboxylic acids is 1. The van der Waals surface area contributed by atoms with E-state index in [1.807, 2.05) is 24.3 Å². The van der Waals surface area contributed by atoms with Crippen LogP contribution in [-0.4, -0.2) is 44.9 Å². The first kappa shape index (κ1) is 19.7. The minimum atomic E-state index is -0.758. The Morgan fingerprint density at radius 3 is 2.50 bits per heavy atom. The number of carbonyl (C=O) groups is 1. The van der Waals surface area contributed by atoms with E-state index < -0.39 is 16.6 Å². The molecule has 2 saturated heterocycles. The van der Waals surface area contributed by atoms with Crippen molar-refractivity contribution in [1.82, 2.24) is 9.88 Å². The first-order valence-electron chi connectivity index (χ1n) is 10.7. The van der Waals surface area contributed by atoms with Crippen LogP contribution in [0.5, 0.6) is 0 Å². The summed E-state index contributed by atoms with van der Waals surface area (Å²) in [5.41, 5.74) is 3.10. The average molecular weight is 446 g/mol. The molecule has 32 heavy (non-hydrogen) atoms. The lowest BCUT2D eigenvalue weighted by Gasteiger charge is -2.54. The molecule has 0 bridgehead atoms. The first-order valence-corrected chi connectivity index (χ1v) is 12.2. The van der Waals surface area contributed by atoms with E-state index >= 15 is 0 Å². The molecule has 2 aliphatic heterocycles. The first-order chi connectivity index (χ1) is 15.4. The normalized spacial score (nSPS) is 20.5. The zero-order valence-electron chi connectivity index (χ0n) is 17.3. The molecule has 3 heterocycles. The molecule has 1 aliphatic carbocycles. The van der Waals surface area contributed by atoms with E-state index in [-0.39, 0.29) is 17.1 Å². The highest BCUT2D eigenvalue weighted by Crippen LogP contribution is 2.48. The number of benzene rings is 2. The minimum Gasteiger partial charge on any atom is -0.616 e. The maximum atomic E-state index is 14.2. The summed E-state index contributed by atoms with van der Waals surface area (Å²) in [7, 11) is 0. The summed E-state index contributed by atoms with van der Waals surface area (Å²) in [5.74, 6) is 0.796. The van der Waals surface area contributed by atoms with Gasteiger partial charge in [0.1, 0.15) is 17.3 Å². The number of nitriles is 1. The van der Waals surface area contributed by atoms with Crippen molar-refractivity contribution in [2.75, 3.05) is 24.6 Å². The molecule has 1 saturated carbocycles. The van der Waals surface area contributed by atoms with E-state index in [1.54, 1.807) is 17.2 Å². The third-order valence-electron chi connectivity index (χ3n) is 7.02. The van der Waals surface area contributed by atoms with Crippen molar-refractivity contribution in [2.24, 2.45) is 5.41 Å². The number of rotatable bonds is 3. The Kier molecular flexibility index (Phi) is 4.17. The predicted octanol–water partition coefficient (Wildman–Crippen LogP) is 3.80. The molecular formula is C25H20FN3O2S. The molecule has 6 rings (SSSR count). The van der Waals surface area contributed by atoms with E-state index in [0.29, 0.717) is 46.6 Å². The molecule has 0 unspecified atom stereocenters. The molecule has 3 aromatic rings. The van der Waals surface area contributed by atoms with Crippen LogP contribution >= 0.6 is 0 Å². The lowest BCUT2D eigenvalue weighted by atomic mass is 9.82. The molecule has 1 aromatic heterocycles. The number of halogens is 1. The quantitative estimate of drug-likeness (QED) is 0.575. The van der Waals surface area contributed by atoms with Gasteiger partial charge in [0.05, 0.1) is 28.0 Å². The summed E-state index contributed by atoms with van der Waals surface area (Å²) in [6.07, 6.45) is 3.29. The molecule has 0 radical (unpaired) electrons. The number of amides is 1. The van der Waals surface area contributed by atoms with Crippen molar-refractivity contribution < 1.29 is 13.7 Å². The maximum absolute atomic E-state index is 14.2. The lowest BCUT2D eigenvalue weighted by molar-refractivity contribution is 0.0202. The number of nitrogens with zero attached hydrogens (tertiary/aromatic N) is 3. The smallest absolute Gasteiger partial charge is 0.256 e. The van der Waals surface area contributed by atoms with Crippen LogP contribution in [0.4, 0.5) is 4.39 Å². The molecule has 3 aliphatic rings. The van der Waals surface area contributed by atoms with Gasteiger partial charge in [0.25, 0.3) is 5.91 Å². The molecule has 0 atom stereocenters. The second kappa shape index (κ2) is 6.77. The highest BCUT2D eigenvalue weighted by molar-refractivity contribution is 7.92. The van der Waals surface area contributed by atoms with Crippen molar-refractivity contribution in [3.05, 3.63) is 65.6 Å². The van der Waals surface area contributed by atoms with E-state index in [1.165, 1.54) is 12.1 Å². The van der Waals surface area contributed by atoms with Crippen molar-refractivity contribution in [2.45, 2.75) is 18.3 Å². The van der Waals surface area contributed by atoms with Gasteiger partial charge in [-0.15, -0.1) is 0 Å². The topological polar surface area (TPSA) is 80.0 Å². The van der Waals surface area contributed by atoms with Crippen molar-refractivity contribution in [3.8, 4) is 17.2 Å². The van der Waals surface area contributed by atoms with E-state index in [9.17, 15) is 19.0 Å². The third kappa shape index (κ3) is 2.94. The maximum Gasteiger partial charge on any atom is 0.256 e. The Morgan fingerprint density at radius 1 is 1.16 bits per heavy atom. The van der Waals surface area contributed by atoms with Gasteiger partial charge in [0, 0.05) is 30.2 Å². The summed E-state index contributed by atoms with van der Waals surface area (Å²) in [6.45, 7) is 1.20. The standard InChI is InChI=1S/C25H20FN3O2S/c26-18-5-6-21-19(9-18)22(16-1-3-17(4-2-16)25(11-27)7-8-25)20(10-28-21)23(30)29-12-24(13-29)14-32(31)15-24/h1-6,9-10H,7-8,12-15H2. The summed E-state index contributed by atoms with van der Waals surface area (Å²) in [4.78, 5) is 19.6. The van der Waals surface area contributed by atoms with Gasteiger partial charge in [-0.2, -0.15) is 5.26 Å². The number of likely N-dealkylation sites (tertiary alicyclic amines) is 1. The molecule has 0 N–H and O–H groups in total. The van der Waals surface area contributed by atoms with Crippen LogP contribution in [0.1, 0.15) is 28.8 Å². The van der Waals surface area contributed by atoms with Crippen LogP contribution in [0.2, 0.25) is 0 Å². The second-order valence-corrected chi connectivity index (χ2v) is 10.8. The van der Waals surface area contributed by atoms with Crippen LogP contribution in [-0.2, 0) is 16.6 Å². The average Bonchev–Trinajstić information content (AvgIpc) is 3.55. The van der Waals surface area contributed by atoms with Crippen LogP contribution < -0.4 is 0 Å². The van der Waals surface area contributed by atoms with Crippen LogP contribution in [0, 0.1) is 22.6 Å². The number of hydrogen-bond acceptors (Lipinski definition) is 4. The fraction of sp³-hybridized carbons (Fsp3) is 0.320. The fourth-order valence-electron chi connectivity index (χ4n) is 5.08. The summed E-state index contributed by atoms with van der Waals surface area (Å²) < 4.78 is 25.7. The van der Waals surface area contributed by atoms with Gasteiger partial charge < -0.3 is 9.45 Å². The molecule has 5 nitrogen and oxygen atoms in total. The minimum absolute atomic E-state index is 0.00853. The number of pyridine rings is 1. The monoisotopic (exact) mass is 445 g/mol. The SMILES string of the molecule is N#CC1(c2ccc(-c3c(C(=O)N4CC5(C4)C[S+]([O-])C5)cnc4ccc(F)cc34)cc2)CC1. The highest BCUT2D eigenvalue weighted by atomic mass is 32.2. The molecule has 2 aromatic carbocycles. The van der Waals surface area contributed by atoms with Crippen molar-refractivity contribution >= 4 is 28.0 Å². The van der Waals surface area contributed by atoms with Gasteiger partial charge in [-0.05, 0) is 42.2 Å². The Morgan fingerprint density at radius 2 is 1.88 bits per heavy atom. The molecular weight excluding hydrogens is 425 g/mol.